The average molecular weight is 242 g/mol. The van der Waals surface area contributed by atoms with E-state index in [-0.39, 0.29) is 17.5 Å². The largest absolute Gasteiger partial charge is 0.367 e. The van der Waals surface area contributed by atoms with Crippen molar-refractivity contribution in [3.8, 4) is 0 Å². The maximum atomic E-state index is 11.4. The number of anilines is 1. The fraction of sp³-hybridized carbons (Fsp3) is 0.545. The molecular formula is C11H18N2O2S. The third-order valence-electron chi connectivity index (χ3n) is 2.25. The van der Waals surface area contributed by atoms with E-state index in [1.165, 1.54) is 0 Å². The minimum atomic E-state index is -2.94. The van der Waals surface area contributed by atoms with E-state index < -0.39 is 9.84 Å². The predicted octanol–water partition coefficient (Wildman–Crippen LogP) is 1.63. The molecule has 0 fully saturated rings. The van der Waals surface area contributed by atoms with Crippen LogP contribution in [0.1, 0.15) is 19.4 Å². The van der Waals surface area contributed by atoms with Crippen molar-refractivity contribution in [1.82, 2.24) is 4.98 Å². The van der Waals surface area contributed by atoms with Crippen LogP contribution in [0.25, 0.3) is 0 Å². The third-order valence-corrected chi connectivity index (χ3v) is 4.14. The topological polar surface area (TPSA) is 59.1 Å². The van der Waals surface area contributed by atoms with Gasteiger partial charge in [-0.2, -0.15) is 0 Å². The maximum absolute atomic E-state index is 11.4. The highest BCUT2D eigenvalue weighted by molar-refractivity contribution is 7.91. The summed E-state index contributed by atoms with van der Waals surface area (Å²) in [5.74, 6) is 1.04. The van der Waals surface area contributed by atoms with E-state index in [9.17, 15) is 8.42 Å². The Morgan fingerprint density at radius 2 is 2.19 bits per heavy atom. The minimum Gasteiger partial charge on any atom is -0.367 e. The van der Waals surface area contributed by atoms with Gasteiger partial charge in [-0.3, -0.25) is 0 Å². The molecule has 90 valence electrons. The summed E-state index contributed by atoms with van der Waals surface area (Å²) in [5.41, 5.74) is 1.10. The van der Waals surface area contributed by atoms with Crippen molar-refractivity contribution in [2.45, 2.75) is 26.8 Å². The molecule has 0 bridgehead atoms. The second kappa shape index (κ2) is 5.30. The summed E-state index contributed by atoms with van der Waals surface area (Å²) in [6.07, 6.45) is 1.71. The Labute approximate surface area is 97.0 Å². The molecule has 0 aliphatic carbocycles. The van der Waals surface area contributed by atoms with Gasteiger partial charge in [-0.1, -0.05) is 6.92 Å². The highest BCUT2D eigenvalue weighted by Gasteiger charge is 2.13. The zero-order valence-corrected chi connectivity index (χ0v) is 10.7. The molecule has 4 nitrogen and oxygen atoms in total. The van der Waals surface area contributed by atoms with Gasteiger partial charge in [0.15, 0.2) is 9.84 Å². The van der Waals surface area contributed by atoms with Crippen molar-refractivity contribution in [3.63, 3.8) is 0 Å². The average Bonchev–Trinajstić information content (AvgIpc) is 2.16. The fourth-order valence-corrected chi connectivity index (χ4v) is 2.49. The van der Waals surface area contributed by atoms with Gasteiger partial charge in [-0.05, 0) is 31.5 Å². The molecule has 5 heteroatoms. The molecule has 16 heavy (non-hydrogen) atoms. The number of nitrogens with zero attached hydrogens (tertiary/aromatic N) is 1. The van der Waals surface area contributed by atoms with Gasteiger partial charge >= 0.3 is 0 Å². The lowest BCUT2D eigenvalue weighted by Gasteiger charge is -2.14. The van der Waals surface area contributed by atoms with Gasteiger partial charge in [-0.15, -0.1) is 0 Å². The number of hydrogen-bond donors (Lipinski definition) is 1. The van der Waals surface area contributed by atoms with Crippen LogP contribution in [0.2, 0.25) is 0 Å². The Morgan fingerprint density at radius 1 is 1.50 bits per heavy atom. The standard InChI is InChI=1S/C11H18N2O2S/c1-4-16(14,15)8-10(3)13-11-7-9(2)5-6-12-11/h5-7,10H,4,8H2,1-3H3,(H,12,13). The van der Waals surface area contributed by atoms with Crippen molar-refractivity contribution >= 4 is 15.7 Å². The van der Waals surface area contributed by atoms with E-state index in [1.54, 1.807) is 13.1 Å². The van der Waals surface area contributed by atoms with Gasteiger partial charge in [0.25, 0.3) is 0 Å². The molecule has 0 spiro atoms. The van der Waals surface area contributed by atoms with Crippen molar-refractivity contribution in [1.29, 1.82) is 0 Å². The summed E-state index contributed by atoms with van der Waals surface area (Å²) in [6, 6.07) is 3.67. The normalized spacial score (nSPS) is 13.4. The summed E-state index contributed by atoms with van der Waals surface area (Å²) < 4.78 is 22.8. The quantitative estimate of drug-likeness (QED) is 0.852. The van der Waals surface area contributed by atoms with Crippen LogP contribution in [0.4, 0.5) is 5.82 Å². The Hall–Kier alpha value is -1.10. The number of aryl methyl sites for hydroxylation is 1. The highest BCUT2D eigenvalue weighted by Crippen LogP contribution is 2.08. The molecule has 0 saturated carbocycles. The molecule has 0 aliphatic heterocycles. The number of aromatic nitrogens is 1. The molecule has 1 rings (SSSR count). The second-order valence-electron chi connectivity index (χ2n) is 3.96. The molecule has 1 aromatic rings. The number of pyridine rings is 1. The SMILES string of the molecule is CCS(=O)(=O)CC(C)Nc1cc(C)ccn1. The Bertz CT molecular complexity index is 443. The van der Waals surface area contributed by atoms with Gasteiger partial charge in [0, 0.05) is 18.0 Å². The van der Waals surface area contributed by atoms with Crippen LogP contribution in [0, 0.1) is 6.92 Å². The number of hydrogen-bond acceptors (Lipinski definition) is 4. The van der Waals surface area contributed by atoms with E-state index in [0.29, 0.717) is 0 Å². The molecule has 1 atom stereocenters. The van der Waals surface area contributed by atoms with Gasteiger partial charge in [-0.25, -0.2) is 13.4 Å². The minimum absolute atomic E-state index is 0.126. The van der Waals surface area contributed by atoms with Crippen molar-refractivity contribution in [3.05, 3.63) is 23.9 Å². The summed E-state index contributed by atoms with van der Waals surface area (Å²) in [6.45, 7) is 5.48. The van der Waals surface area contributed by atoms with E-state index in [2.05, 4.69) is 10.3 Å². The molecule has 0 aliphatic rings. The molecule has 0 aromatic carbocycles. The van der Waals surface area contributed by atoms with Crippen LogP contribution in [-0.2, 0) is 9.84 Å². The lowest BCUT2D eigenvalue weighted by atomic mass is 10.3. The highest BCUT2D eigenvalue weighted by atomic mass is 32.2. The molecule has 0 radical (unpaired) electrons. The van der Waals surface area contributed by atoms with Crippen molar-refractivity contribution in [2.75, 3.05) is 16.8 Å². The first-order valence-corrected chi connectivity index (χ1v) is 7.14. The van der Waals surface area contributed by atoms with E-state index >= 15 is 0 Å². The molecule has 1 heterocycles. The molecule has 0 amide bonds. The van der Waals surface area contributed by atoms with E-state index in [0.717, 1.165) is 11.4 Å². The molecule has 1 aromatic heterocycles. The molecule has 1 unspecified atom stereocenters. The van der Waals surface area contributed by atoms with Crippen LogP contribution in [0.5, 0.6) is 0 Å². The lowest BCUT2D eigenvalue weighted by molar-refractivity contribution is 0.593. The molecule has 1 N–H and O–H groups in total. The Morgan fingerprint density at radius 3 is 2.75 bits per heavy atom. The number of nitrogens with one attached hydrogen (secondary N) is 1. The Balaban J connectivity index is 2.62. The van der Waals surface area contributed by atoms with E-state index in [1.807, 2.05) is 26.0 Å². The molecule has 0 saturated heterocycles. The van der Waals surface area contributed by atoms with Crippen molar-refractivity contribution < 1.29 is 8.42 Å². The summed E-state index contributed by atoms with van der Waals surface area (Å²) in [7, 11) is -2.94. The van der Waals surface area contributed by atoms with Crippen LogP contribution < -0.4 is 5.32 Å². The smallest absolute Gasteiger partial charge is 0.152 e. The van der Waals surface area contributed by atoms with Gasteiger partial charge in [0.1, 0.15) is 5.82 Å². The summed E-state index contributed by atoms with van der Waals surface area (Å²) in [5, 5.41) is 3.08. The van der Waals surface area contributed by atoms with Gasteiger partial charge < -0.3 is 5.32 Å². The van der Waals surface area contributed by atoms with Gasteiger partial charge in [0.2, 0.25) is 0 Å². The first-order valence-electron chi connectivity index (χ1n) is 5.32. The summed E-state index contributed by atoms with van der Waals surface area (Å²) in [4.78, 5) is 4.13. The lowest BCUT2D eigenvalue weighted by Crippen LogP contribution is -2.27. The fourth-order valence-electron chi connectivity index (χ4n) is 1.41. The van der Waals surface area contributed by atoms with Crippen LogP contribution in [-0.4, -0.2) is 30.9 Å². The van der Waals surface area contributed by atoms with Crippen LogP contribution in [0.3, 0.4) is 0 Å². The van der Waals surface area contributed by atoms with E-state index in [4.69, 9.17) is 0 Å². The monoisotopic (exact) mass is 242 g/mol. The zero-order chi connectivity index (χ0) is 12.2. The zero-order valence-electron chi connectivity index (χ0n) is 9.90. The first-order chi connectivity index (χ1) is 7.43. The maximum Gasteiger partial charge on any atom is 0.152 e. The van der Waals surface area contributed by atoms with Gasteiger partial charge in [0.05, 0.1) is 5.75 Å². The third kappa shape index (κ3) is 4.18. The number of rotatable bonds is 5. The Kier molecular flexibility index (Phi) is 4.29. The summed E-state index contributed by atoms with van der Waals surface area (Å²) >= 11 is 0. The van der Waals surface area contributed by atoms with Crippen LogP contribution >= 0.6 is 0 Å². The number of sulfone groups is 1. The van der Waals surface area contributed by atoms with Crippen molar-refractivity contribution in [2.24, 2.45) is 0 Å². The predicted molar refractivity (Wildman–Crippen MR) is 66.4 cm³/mol. The molecular weight excluding hydrogens is 224 g/mol. The second-order valence-corrected chi connectivity index (χ2v) is 6.36. The van der Waals surface area contributed by atoms with Crippen LogP contribution in [0.15, 0.2) is 18.3 Å². The first kappa shape index (κ1) is 13.0.